The maximum atomic E-state index is 11.8. The first-order valence-electron chi connectivity index (χ1n) is 5.97. The summed E-state index contributed by atoms with van der Waals surface area (Å²) in [5, 5.41) is 16.3. The summed E-state index contributed by atoms with van der Waals surface area (Å²) >= 11 is 6.40. The third-order valence-electron chi connectivity index (χ3n) is 2.69. The molecule has 2 aromatic rings. The predicted molar refractivity (Wildman–Crippen MR) is 86.1 cm³/mol. The van der Waals surface area contributed by atoms with Crippen molar-refractivity contribution >= 4 is 46.2 Å². The largest absolute Gasteiger partial charge is 0.478 e. The van der Waals surface area contributed by atoms with Crippen molar-refractivity contribution < 1.29 is 14.7 Å². The summed E-state index contributed by atoms with van der Waals surface area (Å²) in [5.74, 6) is -1.26. The minimum Gasteiger partial charge on any atom is -0.478 e. The van der Waals surface area contributed by atoms with Gasteiger partial charge in [0.15, 0.2) is 5.11 Å². The van der Waals surface area contributed by atoms with Crippen LogP contribution in [0.5, 0.6) is 0 Å². The molecular weight excluding hydrogens is 308 g/mol. The SMILES string of the molecule is Cc1cc(C(=O)O)ccc1NC(=S)NC(=O)c1cccs1. The third kappa shape index (κ3) is 3.87. The van der Waals surface area contributed by atoms with E-state index >= 15 is 0 Å². The molecule has 0 radical (unpaired) electrons. The Morgan fingerprint density at radius 3 is 2.62 bits per heavy atom. The normalized spacial score (nSPS) is 9.95. The van der Waals surface area contributed by atoms with E-state index in [4.69, 9.17) is 17.3 Å². The van der Waals surface area contributed by atoms with Crippen LogP contribution in [0.25, 0.3) is 0 Å². The van der Waals surface area contributed by atoms with Gasteiger partial charge in [0.25, 0.3) is 5.91 Å². The second kappa shape index (κ2) is 6.47. The highest BCUT2D eigenvalue weighted by molar-refractivity contribution is 7.80. The number of nitrogens with one attached hydrogen (secondary N) is 2. The fourth-order valence-electron chi connectivity index (χ4n) is 1.66. The number of hydrogen-bond acceptors (Lipinski definition) is 4. The second-order valence-corrected chi connectivity index (χ2v) is 5.58. The molecular formula is C14H12N2O3S2. The van der Waals surface area contributed by atoms with E-state index in [9.17, 15) is 9.59 Å². The van der Waals surface area contributed by atoms with Crippen molar-refractivity contribution in [1.29, 1.82) is 0 Å². The summed E-state index contributed by atoms with van der Waals surface area (Å²) in [6, 6.07) is 8.11. The van der Waals surface area contributed by atoms with Gasteiger partial charge in [-0.2, -0.15) is 0 Å². The van der Waals surface area contributed by atoms with Crippen molar-refractivity contribution in [3.8, 4) is 0 Å². The van der Waals surface area contributed by atoms with E-state index in [-0.39, 0.29) is 16.6 Å². The monoisotopic (exact) mass is 320 g/mol. The van der Waals surface area contributed by atoms with Gasteiger partial charge in [-0.3, -0.25) is 10.1 Å². The zero-order valence-electron chi connectivity index (χ0n) is 11.0. The van der Waals surface area contributed by atoms with E-state index in [2.05, 4.69) is 10.6 Å². The Morgan fingerprint density at radius 2 is 2.05 bits per heavy atom. The van der Waals surface area contributed by atoms with Crippen LogP contribution in [0.15, 0.2) is 35.7 Å². The van der Waals surface area contributed by atoms with Gasteiger partial charge >= 0.3 is 5.97 Å². The lowest BCUT2D eigenvalue weighted by Gasteiger charge is -2.11. The summed E-state index contributed by atoms with van der Waals surface area (Å²) in [6.45, 7) is 1.76. The number of carboxylic acid groups (broad SMARTS) is 1. The maximum Gasteiger partial charge on any atom is 0.335 e. The molecule has 7 heteroatoms. The number of benzene rings is 1. The van der Waals surface area contributed by atoms with Gasteiger partial charge in [0.2, 0.25) is 0 Å². The van der Waals surface area contributed by atoms with Crippen LogP contribution in [0.1, 0.15) is 25.6 Å². The van der Waals surface area contributed by atoms with Crippen LogP contribution in [-0.4, -0.2) is 22.1 Å². The fourth-order valence-corrected chi connectivity index (χ4v) is 2.48. The lowest BCUT2D eigenvalue weighted by Crippen LogP contribution is -2.33. The number of amides is 1. The molecule has 5 nitrogen and oxygen atoms in total. The highest BCUT2D eigenvalue weighted by Crippen LogP contribution is 2.16. The lowest BCUT2D eigenvalue weighted by molar-refractivity contribution is 0.0696. The third-order valence-corrected chi connectivity index (χ3v) is 3.77. The summed E-state index contributed by atoms with van der Waals surface area (Å²) in [4.78, 5) is 23.3. The fraction of sp³-hybridized carbons (Fsp3) is 0.0714. The van der Waals surface area contributed by atoms with Crippen molar-refractivity contribution in [2.75, 3.05) is 5.32 Å². The molecule has 0 aliphatic carbocycles. The number of hydrogen-bond donors (Lipinski definition) is 3. The first-order chi connectivity index (χ1) is 9.97. The first kappa shape index (κ1) is 15.1. The van der Waals surface area contributed by atoms with E-state index in [0.717, 1.165) is 5.56 Å². The van der Waals surface area contributed by atoms with E-state index < -0.39 is 5.97 Å². The Labute approximate surface area is 130 Å². The molecule has 1 amide bonds. The smallest absolute Gasteiger partial charge is 0.335 e. The summed E-state index contributed by atoms with van der Waals surface area (Å²) < 4.78 is 0. The van der Waals surface area contributed by atoms with Crippen LogP contribution < -0.4 is 10.6 Å². The van der Waals surface area contributed by atoms with Crippen molar-refractivity contribution in [1.82, 2.24) is 5.32 Å². The van der Waals surface area contributed by atoms with E-state index in [0.29, 0.717) is 10.6 Å². The number of thiocarbonyl (C=S) groups is 1. The Balaban J connectivity index is 2.03. The number of carbonyl (C=O) groups excluding carboxylic acids is 1. The maximum absolute atomic E-state index is 11.8. The van der Waals surface area contributed by atoms with E-state index in [1.54, 1.807) is 30.5 Å². The summed E-state index contributed by atoms with van der Waals surface area (Å²) in [5.41, 5.74) is 1.57. The van der Waals surface area contributed by atoms with E-state index in [1.807, 2.05) is 0 Å². The van der Waals surface area contributed by atoms with Gasteiger partial charge in [-0.1, -0.05) is 6.07 Å². The Bertz CT molecular complexity index is 696. The molecule has 0 saturated carbocycles. The van der Waals surface area contributed by atoms with Crippen LogP contribution in [-0.2, 0) is 0 Å². The summed E-state index contributed by atoms with van der Waals surface area (Å²) in [6.07, 6.45) is 0. The van der Waals surface area contributed by atoms with Crippen LogP contribution in [0.4, 0.5) is 5.69 Å². The highest BCUT2D eigenvalue weighted by Gasteiger charge is 2.10. The molecule has 0 aliphatic rings. The zero-order valence-corrected chi connectivity index (χ0v) is 12.7. The number of carboxylic acids is 1. The van der Waals surface area contributed by atoms with Crippen molar-refractivity contribution in [2.24, 2.45) is 0 Å². The van der Waals surface area contributed by atoms with Gasteiger partial charge in [-0.15, -0.1) is 11.3 Å². The van der Waals surface area contributed by atoms with Crippen LogP contribution >= 0.6 is 23.6 Å². The molecule has 108 valence electrons. The topological polar surface area (TPSA) is 78.4 Å². The number of carbonyl (C=O) groups is 2. The quantitative estimate of drug-likeness (QED) is 0.758. The Hall–Kier alpha value is -2.25. The van der Waals surface area contributed by atoms with Crippen molar-refractivity contribution in [2.45, 2.75) is 6.92 Å². The molecule has 0 spiro atoms. The molecule has 3 N–H and O–H groups in total. The molecule has 2 rings (SSSR count). The highest BCUT2D eigenvalue weighted by atomic mass is 32.1. The predicted octanol–water partition coefficient (Wildman–Crippen LogP) is 2.88. The molecule has 0 aliphatic heterocycles. The van der Waals surface area contributed by atoms with Gasteiger partial charge in [0.1, 0.15) is 0 Å². The molecule has 0 fully saturated rings. The minimum absolute atomic E-state index is 0.166. The van der Waals surface area contributed by atoms with E-state index in [1.165, 1.54) is 23.5 Å². The Kier molecular flexibility index (Phi) is 4.66. The van der Waals surface area contributed by atoms with Gasteiger partial charge < -0.3 is 10.4 Å². The van der Waals surface area contributed by atoms with Gasteiger partial charge in [-0.25, -0.2) is 4.79 Å². The molecule has 1 heterocycles. The van der Waals surface area contributed by atoms with Crippen molar-refractivity contribution in [3.63, 3.8) is 0 Å². The van der Waals surface area contributed by atoms with Crippen LogP contribution in [0.2, 0.25) is 0 Å². The molecule has 1 aromatic carbocycles. The average molecular weight is 320 g/mol. The number of anilines is 1. The van der Waals surface area contributed by atoms with Crippen LogP contribution in [0.3, 0.4) is 0 Å². The van der Waals surface area contributed by atoms with Gasteiger partial charge in [0.05, 0.1) is 10.4 Å². The second-order valence-electron chi connectivity index (χ2n) is 4.22. The summed E-state index contributed by atoms with van der Waals surface area (Å²) in [7, 11) is 0. The lowest BCUT2D eigenvalue weighted by atomic mass is 10.1. The van der Waals surface area contributed by atoms with Gasteiger partial charge in [-0.05, 0) is 54.4 Å². The molecule has 0 bridgehead atoms. The molecule has 1 aromatic heterocycles. The molecule has 0 saturated heterocycles. The zero-order chi connectivity index (χ0) is 15.4. The number of aromatic carboxylic acids is 1. The number of rotatable bonds is 3. The van der Waals surface area contributed by atoms with Gasteiger partial charge in [0, 0.05) is 5.69 Å². The Morgan fingerprint density at radius 1 is 1.29 bits per heavy atom. The molecule has 21 heavy (non-hydrogen) atoms. The molecule has 0 atom stereocenters. The standard InChI is InChI=1S/C14H12N2O3S2/c1-8-7-9(13(18)19)4-5-10(8)15-14(20)16-12(17)11-3-2-6-21-11/h2-7H,1H3,(H,18,19)(H2,15,16,17,20). The molecule has 0 unspecified atom stereocenters. The number of thiophene rings is 1. The average Bonchev–Trinajstić information content (AvgIpc) is 2.94. The van der Waals surface area contributed by atoms with Crippen molar-refractivity contribution in [3.05, 3.63) is 51.7 Å². The first-order valence-corrected chi connectivity index (χ1v) is 7.26. The van der Waals surface area contributed by atoms with Crippen LogP contribution in [0, 0.1) is 6.92 Å². The number of aryl methyl sites for hydroxylation is 1. The minimum atomic E-state index is -0.988.